The summed E-state index contributed by atoms with van der Waals surface area (Å²) in [7, 11) is 3.52. The van der Waals surface area contributed by atoms with Crippen LogP contribution < -0.4 is 20.5 Å². The average Bonchev–Trinajstić information content (AvgIpc) is 2.87. The Morgan fingerprint density at radius 3 is 2.26 bits per heavy atom. The molecule has 0 fully saturated rings. The van der Waals surface area contributed by atoms with Crippen molar-refractivity contribution in [3.63, 3.8) is 0 Å². The van der Waals surface area contributed by atoms with Crippen LogP contribution >= 0.6 is 11.8 Å². The van der Waals surface area contributed by atoms with E-state index in [2.05, 4.69) is 11.1 Å². The molecule has 3 N–H and O–H groups in total. The van der Waals surface area contributed by atoms with E-state index in [9.17, 15) is 8.78 Å². The van der Waals surface area contributed by atoms with Crippen molar-refractivity contribution in [1.29, 1.82) is 0 Å². The van der Waals surface area contributed by atoms with E-state index in [-0.39, 0.29) is 24.3 Å². The Balaban J connectivity index is 0.00000129. The van der Waals surface area contributed by atoms with Crippen LogP contribution in [0, 0.1) is 18.6 Å². The summed E-state index contributed by atoms with van der Waals surface area (Å²) >= 11 is 1.61. The van der Waals surface area contributed by atoms with Crippen molar-refractivity contribution in [2.24, 2.45) is 5.73 Å². The molecule has 0 spiro atoms. The lowest BCUT2D eigenvalue weighted by atomic mass is 10.1. The van der Waals surface area contributed by atoms with Crippen molar-refractivity contribution in [3.8, 4) is 11.5 Å². The zero-order chi connectivity index (χ0) is 24.9. The highest BCUT2D eigenvalue weighted by atomic mass is 32.2. The molecule has 0 heterocycles. The van der Waals surface area contributed by atoms with E-state index in [1.807, 2.05) is 61.6 Å². The molecular weight excluding hydrogens is 458 g/mol. The first-order chi connectivity index (χ1) is 16.5. The van der Waals surface area contributed by atoms with Crippen molar-refractivity contribution in [1.82, 2.24) is 5.32 Å². The number of halogens is 2. The fourth-order valence-electron chi connectivity index (χ4n) is 3.08. The van der Waals surface area contributed by atoms with Crippen molar-refractivity contribution >= 4 is 28.8 Å². The lowest BCUT2D eigenvalue weighted by molar-refractivity contribution is -0.106. The predicted molar refractivity (Wildman–Crippen MR) is 135 cm³/mol. The number of hydrogen-bond acceptors (Lipinski definition) is 5. The van der Waals surface area contributed by atoms with E-state index in [1.165, 1.54) is 19.1 Å². The fourth-order valence-corrected chi connectivity index (χ4v) is 4.12. The Kier molecular flexibility index (Phi) is 10.9. The Hall–Kier alpha value is -3.52. The van der Waals surface area contributed by atoms with E-state index in [1.54, 1.807) is 18.9 Å². The van der Waals surface area contributed by atoms with Gasteiger partial charge in [0.15, 0.2) is 11.6 Å². The van der Waals surface area contributed by atoms with Gasteiger partial charge in [-0.1, -0.05) is 30.3 Å². The molecule has 3 aromatic carbocycles. The second kappa shape index (κ2) is 13.9. The van der Waals surface area contributed by atoms with Crippen molar-refractivity contribution < 1.29 is 23.0 Å². The third-order valence-corrected chi connectivity index (χ3v) is 5.86. The first-order valence-corrected chi connectivity index (χ1v) is 11.4. The van der Waals surface area contributed by atoms with Gasteiger partial charge in [-0.2, -0.15) is 0 Å². The van der Waals surface area contributed by atoms with Crippen LogP contribution in [0.3, 0.4) is 0 Å². The third kappa shape index (κ3) is 7.25. The molecule has 0 aliphatic heterocycles. The number of primary amides is 1. The summed E-state index contributed by atoms with van der Waals surface area (Å²) in [6.07, 6.45) is 0.250. The molecule has 5 nitrogen and oxygen atoms in total. The number of benzene rings is 3. The largest absolute Gasteiger partial charge is 0.497 e. The van der Waals surface area contributed by atoms with E-state index in [4.69, 9.17) is 14.3 Å². The highest BCUT2D eigenvalue weighted by Crippen LogP contribution is 2.34. The summed E-state index contributed by atoms with van der Waals surface area (Å²) < 4.78 is 38.5. The molecule has 8 heteroatoms. The van der Waals surface area contributed by atoms with Crippen molar-refractivity contribution in [3.05, 3.63) is 95.1 Å². The molecule has 0 saturated heterocycles. The number of nitrogens with one attached hydrogen (secondary N) is 1. The first kappa shape index (κ1) is 26.7. The van der Waals surface area contributed by atoms with Gasteiger partial charge in [-0.25, -0.2) is 8.78 Å². The molecule has 3 rings (SSSR count). The van der Waals surface area contributed by atoms with E-state index >= 15 is 0 Å². The molecule has 0 aliphatic carbocycles. The molecule has 34 heavy (non-hydrogen) atoms. The standard InChI is InChI=1S/C25H25F2NO2S.CH3NO/c1-17-21(26)13-14-22(23(17)27)30-15-16-31-25(19-7-5-4-6-8-19)24(28-2)18-9-11-20(29-3)12-10-18;2-1-3/h4-14,28H,15-16H2,1-3H3;1H,(H2,2,3)/b25-24-;. The Bertz CT molecular complexity index is 1090. The van der Waals surface area contributed by atoms with Gasteiger partial charge in [-0.05, 0) is 54.4 Å². The van der Waals surface area contributed by atoms with Gasteiger partial charge in [0.2, 0.25) is 6.41 Å². The van der Waals surface area contributed by atoms with Gasteiger partial charge >= 0.3 is 0 Å². The van der Waals surface area contributed by atoms with Crippen LogP contribution in [0.15, 0.2) is 66.7 Å². The van der Waals surface area contributed by atoms with Crippen LogP contribution in [0.5, 0.6) is 11.5 Å². The minimum absolute atomic E-state index is 0.0352. The maximum absolute atomic E-state index is 14.2. The first-order valence-electron chi connectivity index (χ1n) is 10.4. The lowest BCUT2D eigenvalue weighted by Crippen LogP contribution is -2.09. The number of ether oxygens (including phenoxy) is 2. The molecule has 0 radical (unpaired) electrons. The number of carbonyl (C=O) groups is 1. The number of methoxy groups -OCH3 is 1. The van der Waals surface area contributed by atoms with Gasteiger partial charge in [-0.3, -0.25) is 4.79 Å². The molecule has 3 aromatic rings. The van der Waals surface area contributed by atoms with Gasteiger partial charge in [0, 0.05) is 23.3 Å². The average molecular weight is 487 g/mol. The van der Waals surface area contributed by atoms with Gasteiger partial charge in [-0.15, -0.1) is 11.8 Å². The normalized spacial score (nSPS) is 11.0. The van der Waals surface area contributed by atoms with Gasteiger partial charge in [0.05, 0.1) is 19.4 Å². The van der Waals surface area contributed by atoms with Crippen molar-refractivity contribution in [2.75, 3.05) is 26.5 Å². The molecule has 0 unspecified atom stereocenters. The van der Waals surface area contributed by atoms with E-state index in [0.717, 1.165) is 27.5 Å². The molecule has 1 amide bonds. The molecule has 0 bridgehead atoms. The maximum Gasteiger partial charge on any atom is 0.204 e. The van der Waals surface area contributed by atoms with Crippen LogP contribution in [-0.4, -0.2) is 32.9 Å². The summed E-state index contributed by atoms with van der Waals surface area (Å²) in [6.45, 7) is 1.68. The molecule has 0 atom stereocenters. The summed E-state index contributed by atoms with van der Waals surface area (Å²) in [6, 6.07) is 20.4. The topological polar surface area (TPSA) is 73.6 Å². The monoisotopic (exact) mass is 486 g/mol. The Morgan fingerprint density at radius 2 is 1.68 bits per heavy atom. The Morgan fingerprint density at radius 1 is 1.03 bits per heavy atom. The minimum atomic E-state index is -0.655. The minimum Gasteiger partial charge on any atom is -0.497 e. The summed E-state index contributed by atoms with van der Waals surface area (Å²) in [4.78, 5) is 9.63. The number of hydrogen-bond donors (Lipinski definition) is 2. The molecular formula is C26H28F2N2O3S. The van der Waals surface area contributed by atoms with Crippen LogP contribution in [0.25, 0.3) is 10.6 Å². The summed E-state index contributed by atoms with van der Waals surface area (Å²) in [5.41, 5.74) is 7.20. The quantitative estimate of drug-likeness (QED) is 0.246. The van der Waals surface area contributed by atoms with Crippen molar-refractivity contribution in [2.45, 2.75) is 6.92 Å². The second-order valence-electron chi connectivity index (χ2n) is 6.87. The molecule has 0 saturated carbocycles. The lowest BCUT2D eigenvalue weighted by Gasteiger charge is -2.17. The summed E-state index contributed by atoms with van der Waals surface area (Å²) in [5.74, 6) is 0.207. The van der Waals surface area contributed by atoms with E-state index < -0.39 is 11.6 Å². The predicted octanol–water partition coefficient (Wildman–Crippen LogP) is 5.24. The number of carbonyl (C=O) groups excluding carboxylic acids is 1. The van der Waals surface area contributed by atoms with Gasteiger partial charge in [0.1, 0.15) is 11.6 Å². The third-order valence-electron chi connectivity index (χ3n) is 4.76. The smallest absolute Gasteiger partial charge is 0.204 e. The second-order valence-corrected chi connectivity index (χ2v) is 7.97. The van der Waals surface area contributed by atoms with Crippen LogP contribution in [0.2, 0.25) is 0 Å². The molecule has 0 aromatic heterocycles. The Labute approximate surface area is 203 Å². The highest BCUT2D eigenvalue weighted by molar-refractivity contribution is 8.08. The van der Waals surface area contributed by atoms with Gasteiger partial charge in [0.25, 0.3) is 0 Å². The fraction of sp³-hybridized carbons (Fsp3) is 0.192. The van der Waals surface area contributed by atoms with Crippen LogP contribution in [0.1, 0.15) is 16.7 Å². The van der Waals surface area contributed by atoms with Crippen LogP contribution in [-0.2, 0) is 4.79 Å². The molecule has 180 valence electrons. The number of rotatable bonds is 9. The van der Waals surface area contributed by atoms with E-state index in [0.29, 0.717) is 5.75 Å². The zero-order valence-electron chi connectivity index (χ0n) is 19.3. The summed E-state index contributed by atoms with van der Waals surface area (Å²) in [5, 5.41) is 3.31. The maximum atomic E-state index is 14.2. The SMILES string of the molecule is CN/C(=C(\SCCOc1ccc(F)c(C)c1F)c1ccccc1)c1ccc(OC)cc1.NC=O. The zero-order valence-corrected chi connectivity index (χ0v) is 20.1. The molecule has 0 aliphatic rings. The van der Waals surface area contributed by atoms with Crippen LogP contribution in [0.4, 0.5) is 8.78 Å². The number of thioether (sulfide) groups is 1. The highest BCUT2D eigenvalue weighted by Gasteiger charge is 2.14. The number of amides is 1. The number of nitrogens with two attached hydrogens (primary N) is 1. The van der Waals surface area contributed by atoms with Gasteiger partial charge < -0.3 is 20.5 Å².